The molecule has 6 nitrogen and oxygen atoms in total. The average Bonchev–Trinajstić information content (AvgIpc) is 3.07. The van der Waals surface area contributed by atoms with Gasteiger partial charge in [-0.3, -0.25) is 4.79 Å². The van der Waals surface area contributed by atoms with Crippen LogP contribution in [0.2, 0.25) is 0 Å². The van der Waals surface area contributed by atoms with Gasteiger partial charge in [-0.2, -0.15) is 0 Å². The van der Waals surface area contributed by atoms with Gasteiger partial charge in [0.05, 0.1) is 6.61 Å². The van der Waals surface area contributed by atoms with Gasteiger partial charge in [0.1, 0.15) is 18.1 Å². The summed E-state index contributed by atoms with van der Waals surface area (Å²) in [6.07, 6.45) is 2.95. The van der Waals surface area contributed by atoms with E-state index in [0.717, 1.165) is 39.1 Å². The van der Waals surface area contributed by atoms with E-state index in [9.17, 15) is 4.79 Å². The highest BCUT2D eigenvalue weighted by Gasteiger charge is 2.35. The molecule has 7 heteroatoms. The Morgan fingerprint density at radius 1 is 1.04 bits per heavy atom. The second kappa shape index (κ2) is 7.29. The van der Waals surface area contributed by atoms with Crippen molar-refractivity contribution in [2.45, 2.75) is 25.3 Å². The smallest absolute Gasteiger partial charge is 0.265 e. The molecule has 24 heavy (non-hydrogen) atoms. The van der Waals surface area contributed by atoms with Crippen molar-refractivity contribution in [2.24, 2.45) is 11.8 Å². The Balaban J connectivity index is 1.46. The van der Waals surface area contributed by atoms with E-state index >= 15 is 0 Å². The van der Waals surface area contributed by atoms with Crippen LogP contribution in [0.5, 0.6) is 11.5 Å². The Labute approximate surface area is 145 Å². The van der Waals surface area contributed by atoms with Gasteiger partial charge < -0.3 is 24.3 Å². The number of thiophene rings is 1. The number of carbonyl (C=O) groups excluding carboxylic acids is 1. The van der Waals surface area contributed by atoms with Gasteiger partial charge >= 0.3 is 0 Å². The molecule has 2 saturated heterocycles. The summed E-state index contributed by atoms with van der Waals surface area (Å²) in [5.41, 5.74) is 0. The van der Waals surface area contributed by atoms with Gasteiger partial charge in [0.2, 0.25) is 0 Å². The van der Waals surface area contributed by atoms with Crippen molar-refractivity contribution >= 4 is 17.2 Å². The predicted molar refractivity (Wildman–Crippen MR) is 89.0 cm³/mol. The molecule has 1 aromatic heterocycles. The number of amides is 1. The Morgan fingerprint density at radius 3 is 2.71 bits per heavy atom. The van der Waals surface area contributed by atoms with Crippen LogP contribution in [0.25, 0.3) is 0 Å². The Hall–Kier alpha value is -1.31. The van der Waals surface area contributed by atoms with E-state index in [1.807, 2.05) is 5.38 Å². The summed E-state index contributed by atoms with van der Waals surface area (Å²) in [5.74, 6) is 2.14. The van der Waals surface area contributed by atoms with Crippen LogP contribution >= 0.6 is 11.3 Å². The minimum atomic E-state index is -0.0595. The number of hydrogen-bond acceptors (Lipinski definition) is 6. The molecule has 0 spiro atoms. The van der Waals surface area contributed by atoms with Gasteiger partial charge in [-0.15, -0.1) is 11.3 Å². The summed E-state index contributed by atoms with van der Waals surface area (Å²) in [6.45, 7) is 4.07. The molecule has 0 aromatic carbocycles. The van der Waals surface area contributed by atoms with Crippen LogP contribution in [0, 0.1) is 11.8 Å². The van der Waals surface area contributed by atoms with Crippen LogP contribution in [0.3, 0.4) is 0 Å². The Kier molecular flexibility index (Phi) is 4.91. The van der Waals surface area contributed by atoms with Crippen molar-refractivity contribution < 1.29 is 23.7 Å². The normalized spacial score (nSPS) is 27.7. The maximum absolute atomic E-state index is 12.8. The molecule has 4 heterocycles. The van der Waals surface area contributed by atoms with Crippen LogP contribution < -0.4 is 14.8 Å². The zero-order valence-corrected chi connectivity index (χ0v) is 14.4. The molecule has 0 aliphatic carbocycles. The lowest BCUT2D eigenvalue weighted by Crippen LogP contribution is -2.49. The topological polar surface area (TPSA) is 66.0 Å². The van der Waals surface area contributed by atoms with Gasteiger partial charge in [-0.05, 0) is 25.2 Å². The predicted octanol–water partition coefficient (Wildman–Crippen LogP) is 2.08. The molecule has 2 fully saturated rings. The molecule has 3 aliphatic rings. The first-order chi connectivity index (χ1) is 11.8. The molecule has 0 bridgehead atoms. The van der Waals surface area contributed by atoms with Gasteiger partial charge in [-0.25, -0.2) is 0 Å². The largest absolute Gasteiger partial charge is 0.485 e. The Morgan fingerprint density at radius 2 is 1.83 bits per heavy atom. The van der Waals surface area contributed by atoms with E-state index in [2.05, 4.69) is 5.32 Å². The highest BCUT2D eigenvalue weighted by Crippen LogP contribution is 2.39. The standard InChI is InChI=1S/C17H23NO5S/c19-17(16-15-14(10-24-16)22-7-8-23-15)18-13-3-6-21-9-12(13)11-1-4-20-5-2-11/h10-13H,1-9H2,(H,18,19)/t12-,13-/m0/s1. The van der Waals surface area contributed by atoms with E-state index in [-0.39, 0.29) is 11.9 Å². The van der Waals surface area contributed by atoms with Crippen LogP contribution in [-0.4, -0.2) is 51.6 Å². The fourth-order valence-electron chi connectivity index (χ4n) is 3.80. The molecule has 2 atom stereocenters. The first-order valence-corrected chi connectivity index (χ1v) is 9.54. The van der Waals surface area contributed by atoms with E-state index in [1.165, 1.54) is 11.3 Å². The number of hydrogen-bond donors (Lipinski definition) is 1. The molecule has 0 unspecified atom stereocenters. The van der Waals surface area contributed by atoms with Crippen molar-refractivity contribution in [1.82, 2.24) is 5.32 Å². The summed E-state index contributed by atoms with van der Waals surface area (Å²) in [5, 5.41) is 5.08. The van der Waals surface area contributed by atoms with Gasteiger partial charge in [0, 0.05) is 37.2 Å². The first kappa shape index (κ1) is 16.2. The van der Waals surface area contributed by atoms with Gasteiger partial charge in [0.15, 0.2) is 11.5 Å². The molecule has 0 radical (unpaired) electrons. The number of ether oxygens (including phenoxy) is 4. The fraction of sp³-hybridized carbons (Fsp3) is 0.706. The van der Waals surface area contributed by atoms with Crippen molar-refractivity contribution in [2.75, 3.05) is 39.6 Å². The lowest BCUT2D eigenvalue weighted by Gasteiger charge is -2.39. The van der Waals surface area contributed by atoms with E-state index in [0.29, 0.717) is 48.0 Å². The minimum absolute atomic E-state index is 0.0595. The molecule has 1 N–H and O–H groups in total. The maximum Gasteiger partial charge on any atom is 0.265 e. The third-order valence-electron chi connectivity index (χ3n) is 5.10. The van der Waals surface area contributed by atoms with Crippen molar-refractivity contribution in [3.63, 3.8) is 0 Å². The van der Waals surface area contributed by atoms with Crippen molar-refractivity contribution in [3.05, 3.63) is 10.3 Å². The highest BCUT2D eigenvalue weighted by molar-refractivity contribution is 7.12. The van der Waals surface area contributed by atoms with Crippen LogP contribution in [0.4, 0.5) is 0 Å². The molecule has 132 valence electrons. The molecule has 0 saturated carbocycles. The number of rotatable bonds is 3. The molecular weight excluding hydrogens is 330 g/mol. The van der Waals surface area contributed by atoms with Crippen LogP contribution in [0.15, 0.2) is 5.38 Å². The zero-order chi connectivity index (χ0) is 16.4. The van der Waals surface area contributed by atoms with Crippen LogP contribution in [0.1, 0.15) is 28.9 Å². The van der Waals surface area contributed by atoms with Gasteiger partial charge in [-0.1, -0.05) is 0 Å². The zero-order valence-electron chi connectivity index (χ0n) is 13.6. The van der Waals surface area contributed by atoms with Crippen LogP contribution in [-0.2, 0) is 9.47 Å². The van der Waals surface area contributed by atoms with E-state index < -0.39 is 0 Å². The molecule has 1 amide bonds. The lowest BCUT2D eigenvalue weighted by atomic mass is 9.79. The maximum atomic E-state index is 12.8. The fourth-order valence-corrected chi connectivity index (χ4v) is 4.63. The lowest BCUT2D eigenvalue weighted by molar-refractivity contribution is -0.0259. The molecule has 3 aliphatic heterocycles. The van der Waals surface area contributed by atoms with E-state index in [1.54, 1.807) is 0 Å². The number of fused-ring (bicyclic) bond motifs is 1. The molecule has 1 aromatic rings. The van der Waals surface area contributed by atoms with Crippen molar-refractivity contribution in [1.29, 1.82) is 0 Å². The summed E-state index contributed by atoms with van der Waals surface area (Å²) >= 11 is 1.39. The quantitative estimate of drug-likeness (QED) is 0.901. The van der Waals surface area contributed by atoms with Crippen molar-refractivity contribution in [3.8, 4) is 11.5 Å². The van der Waals surface area contributed by atoms with Gasteiger partial charge in [0.25, 0.3) is 5.91 Å². The molecule has 4 rings (SSSR count). The minimum Gasteiger partial charge on any atom is -0.485 e. The second-order valence-electron chi connectivity index (χ2n) is 6.51. The first-order valence-electron chi connectivity index (χ1n) is 8.66. The number of carbonyl (C=O) groups is 1. The summed E-state index contributed by atoms with van der Waals surface area (Å²) in [4.78, 5) is 13.4. The number of nitrogens with one attached hydrogen (secondary N) is 1. The second-order valence-corrected chi connectivity index (χ2v) is 7.39. The molecular formula is C17H23NO5S. The van der Waals surface area contributed by atoms with E-state index in [4.69, 9.17) is 18.9 Å². The third kappa shape index (κ3) is 3.25. The summed E-state index contributed by atoms with van der Waals surface area (Å²) in [7, 11) is 0. The average molecular weight is 353 g/mol. The highest BCUT2D eigenvalue weighted by atomic mass is 32.1. The third-order valence-corrected chi connectivity index (χ3v) is 6.03. The SMILES string of the molecule is O=C(N[C@H]1CCOC[C@H]1C1CCOCC1)c1scc2c1OCCO2. The Bertz CT molecular complexity index is 584. The summed E-state index contributed by atoms with van der Waals surface area (Å²) < 4.78 is 22.3. The monoisotopic (exact) mass is 353 g/mol. The summed E-state index contributed by atoms with van der Waals surface area (Å²) in [6, 6.07) is 0.150.